The summed E-state index contributed by atoms with van der Waals surface area (Å²) in [6, 6.07) is 14.1. The molecule has 0 unspecified atom stereocenters. The van der Waals surface area contributed by atoms with Crippen molar-refractivity contribution < 1.29 is 17.9 Å². The summed E-state index contributed by atoms with van der Waals surface area (Å²) in [6.45, 7) is 1.62. The highest BCUT2D eigenvalue weighted by Gasteiger charge is 2.13. The molecule has 6 heteroatoms. The van der Waals surface area contributed by atoms with Crippen molar-refractivity contribution in [1.82, 2.24) is 4.72 Å². The molecule has 2 aromatic rings. The molecule has 0 radical (unpaired) electrons. The van der Waals surface area contributed by atoms with E-state index in [9.17, 15) is 8.42 Å². The topological polar surface area (TPSA) is 64.6 Å². The largest absolute Gasteiger partial charge is 0.490 e. The van der Waals surface area contributed by atoms with Crippen LogP contribution >= 0.6 is 0 Å². The molecule has 5 nitrogen and oxygen atoms in total. The van der Waals surface area contributed by atoms with Crippen molar-refractivity contribution in [3.8, 4) is 11.5 Å². The molecule has 1 heterocycles. The molecule has 0 amide bonds. The second-order valence-corrected chi connectivity index (χ2v) is 7.06. The summed E-state index contributed by atoms with van der Waals surface area (Å²) >= 11 is 0. The van der Waals surface area contributed by atoms with Gasteiger partial charge in [0.25, 0.3) is 0 Å². The van der Waals surface area contributed by atoms with Crippen molar-refractivity contribution in [2.45, 2.75) is 17.7 Å². The molecule has 0 aliphatic carbocycles. The third-order valence-electron chi connectivity index (χ3n) is 3.57. The number of benzene rings is 2. The molecule has 0 spiro atoms. The zero-order chi connectivity index (χ0) is 16.1. The van der Waals surface area contributed by atoms with E-state index in [2.05, 4.69) is 4.72 Å². The molecular weight excluding hydrogens is 314 g/mol. The van der Waals surface area contributed by atoms with Crippen molar-refractivity contribution in [3.63, 3.8) is 0 Å². The van der Waals surface area contributed by atoms with Crippen LogP contribution in [-0.2, 0) is 16.4 Å². The van der Waals surface area contributed by atoms with Crippen molar-refractivity contribution in [3.05, 3.63) is 54.1 Å². The van der Waals surface area contributed by atoms with Gasteiger partial charge in [-0.1, -0.05) is 24.3 Å². The molecule has 0 aromatic heterocycles. The Morgan fingerprint density at radius 3 is 2.48 bits per heavy atom. The number of rotatable bonds is 5. The van der Waals surface area contributed by atoms with Crippen LogP contribution in [0.15, 0.2) is 53.4 Å². The van der Waals surface area contributed by atoms with Gasteiger partial charge in [0.2, 0.25) is 10.0 Å². The van der Waals surface area contributed by atoms with E-state index < -0.39 is 10.0 Å². The Hall–Kier alpha value is -2.05. The molecule has 1 aliphatic rings. The third-order valence-corrected chi connectivity index (χ3v) is 5.05. The van der Waals surface area contributed by atoms with E-state index in [0.29, 0.717) is 26.2 Å². The summed E-state index contributed by atoms with van der Waals surface area (Å²) in [6.07, 6.45) is 1.45. The minimum absolute atomic E-state index is 0.277. The van der Waals surface area contributed by atoms with Gasteiger partial charge in [-0.25, -0.2) is 13.1 Å². The Morgan fingerprint density at radius 1 is 0.957 bits per heavy atom. The second-order valence-electron chi connectivity index (χ2n) is 5.29. The smallest absolute Gasteiger partial charge is 0.240 e. The quantitative estimate of drug-likeness (QED) is 0.912. The predicted octanol–water partition coefficient (Wildman–Crippen LogP) is 2.37. The number of sulfonamides is 1. The standard InChI is InChI=1S/C17H19NO4S/c19-23(20,15-5-2-1-3-6-15)18-10-9-14-7-8-16-17(13-14)22-12-4-11-21-16/h1-3,5-8,13,18H,4,9-12H2. The lowest BCUT2D eigenvalue weighted by atomic mass is 10.1. The Morgan fingerprint density at radius 2 is 1.70 bits per heavy atom. The van der Waals surface area contributed by atoms with Crippen LogP contribution in [0.25, 0.3) is 0 Å². The Labute approximate surface area is 136 Å². The van der Waals surface area contributed by atoms with Gasteiger partial charge >= 0.3 is 0 Å². The van der Waals surface area contributed by atoms with Gasteiger partial charge in [0.05, 0.1) is 18.1 Å². The van der Waals surface area contributed by atoms with E-state index in [4.69, 9.17) is 9.47 Å². The lowest BCUT2D eigenvalue weighted by Gasteiger charge is -2.10. The van der Waals surface area contributed by atoms with Gasteiger partial charge in [0, 0.05) is 13.0 Å². The minimum atomic E-state index is -3.46. The van der Waals surface area contributed by atoms with Crippen LogP contribution in [-0.4, -0.2) is 28.2 Å². The lowest BCUT2D eigenvalue weighted by Crippen LogP contribution is -2.25. The van der Waals surface area contributed by atoms with Gasteiger partial charge in [-0.15, -0.1) is 0 Å². The summed E-state index contributed by atoms with van der Waals surface area (Å²) in [5.41, 5.74) is 1.00. The van der Waals surface area contributed by atoms with Gasteiger partial charge in [-0.05, 0) is 36.2 Å². The van der Waals surface area contributed by atoms with Gasteiger partial charge < -0.3 is 9.47 Å². The van der Waals surface area contributed by atoms with Crippen molar-refractivity contribution in [2.24, 2.45) is 0 Å². The first-order valence-corrected chi connectivity index (χ1v) is 9.07. The Kier molecular flexibility index (Phi) is 4.83. The molecule has 0 atom stereocenters. The summed E-state index contributed by atoms with van der Waals surface area (Å²) < 4.78 is 38.1. The zero-order valence-corrected chi connectivity index (χ0v) is 13.5. The molecular formula is C17H19NO4S. The summed E-state index contributed by atoms with van der Waals surface area (Å²) in [7, 11) is -3.46. The average Bonchev–Trinajstić information content (AvgIpc) is 2.80. The molecule has 0 fully saturated rings. The molecule has 1 aliphatic heterocycles. The first-order chi connectivity index (χ1) is 11.1. The lowest BCUT2D eigenvalue weighted by molar-refractivity contribution is 0.297. The highest BCUT2D eigenvalue weighted by atomic mass is 32.2. The maximum atomic E-state index is 12.1. The molecule has 23 heavy (non-hydrogen) atoms. The monoisotopic (exact) mass is 333 g/mol. The maximum absolute atomic E-state index is 12.1. The highest BCUT2D eigenvalue weighted by Crippen LogP contribution is 2.30. The summed E-state index contributed by atoms with van der Waals surface area (Å²) in [5.74, 6) is 1.47. The van der Waals surface area contributed by atoms with Crippen molar-refractivity contribution >= 4 is 10.0 Å². The molecule has 3 rings (SSSR count). The van der Waals surface area contributed by atoms with E-state index in [1.807, 2.05) is 18.2 Å². The number of fused-ring (bicyclic) bond motifs is 1. The van der Waals surface area contributed by atoms with E-state index in [0.717, 1.165) is 23.5 Å². The van der Waals surface area contributed by atoms with E-state index >= 15 is 0 Å². The van der Waals surface area contributed by atoms with E-state index in [1.54, 1.807) is 30.3 Å². The van der Waals surface area contributed by atoms with Crippen molar-refractivity contribution in [2.75, 3.05) is 19.8 Å². The normalized spacial score (nSPS) is 14.3. The van der Waals surface area contributed by atoms with Crippen molar-refractivity contribution in [1.29, 1.82) is 0 Å². The van der Waals surface area contributed by atoms with Crippen LogP contribution in [0.2, 0.25) is 0 Å². The Bertz CT molecular complexity index is 759. The third kappa shape index (κ3) is 4.03. The fourth-order valence-corrected chi connectivity index (χ4v) is 3.43. The number of nitrogens with one attached hydrogen (secondary N) is 1. The van der Waals surface area contributed by atoms with Crippen LogP contribution in [0.5, 0.6) is 11.5 Å². The molecule has 122 valence electrons. The Balaban J connectivity index is 1.62. The first kappa shape index (κ1) is 15.8. The minimum Gasteiger partial charge on any atom is -0.490 e. The first-order valence-electron chi connectivity index (χ1n) is 7.58. The van der Waals surface area contributed by atoms with Crippen LogP contribution in [0.4, 0.5) is 0 Å². The van der Waals surface area contributed by atoms with Gasteiger partial charge in [0.1, 0.15) is 0 Å². The summed E-state index contributed by atoms with van der Waals surface area (Å²) in [5, 5.41) is 0. The van der Waals surface area contributed by atoms with Crippen LogP contribution in [0, 0.1) is 0 Å². The predicted molar refractivity (Wildman–Crippen MR) is 87.4 cm³/mol. The second kappa shape index (κ2) is 7.02. The number of hydrogen-bond donors (Lipinski definition) is 1. The fraction of sp³-hybridized carbons (Fsp3) is 0.294. The molecule has 2 aromatic carbocycles. The molecule has 0 saturated heterocycles. The summed E-state index contributed by atoms with van der Waals surface area (Å²) in [4.78, 5) is 0.277. The van der Waals surface area contributed by atoms with Crippen LogP contribution < -0.4 is 14.2 Å². The van der Waals surface area contributed by atoms with E-state index in [-0.39, 0.29) is 4.90 Å². The van der Waals surface area contributed by atoms with Gasteiger partial charge in [-0.2, -0.15) is 0 Å². The van der Waals surface area contributed by atoms with Crippen LogP contribution in [0.3, 0.4) is 0 Å². The van der Waals surface area contributed by atoms with Crippen LogP contribution in [0.1, 0.15) is 12.0 Å². The molecule has 0 bridgehead atoms. The van der Waals surface area contributed by atoms with Gasteiger partial charge in [-0.3, -0.25) is 0 Å². The molecule has 0 saturated carbocycles. The maximum Gasteiger partial charge on any atom is 0.240 e. The molecule has 1 N–H and O–H groups in total. The SMILES string of the molecule is O=S(=O)(NCCc1ccc2c(c1)OCCCO2)c1ccccc1. The number of ether oxygens (including phenoxy) is 2. The average molecular weight is 333 g/mol. The number of hydrogen-bond acceptors (Lipinski definition) is 4. The van der Waals surface area contributed by atoms with Gasteiger partial charge in [0.15, 0.2) is 11.5 Å². The van der Waals surface area contributed by atoms with E-state index in [1.165, 1.54) is 0 Å². The zero-order valence-electron chi connectivity index (χ0n) is 12.7. The fourth-order valence-electron chi connectivity index (χ4n) is 2.38. The highest BCUT2D eigenvalue weighted by molar-refractivity contribution is 7.89.